The van der Waals surface area contributed by atoms with Crippen LogP contribution >= 0.6 is 12.4 Å². The first-order valence-corrected chi connectivity index (χ1v) is 5.80. The van der Waals surface area contributed by atoms with Gasteiger partial charge in [-0.15, -0.1) is 12.4 Å². The number of carbonyl (C=O) groups is 2. The molecule has 0 aliphatic heterocycles. The zero-order valence-electron chi connectivity index (χ0n) is 10.5. The summed E-state index contributed by atoms with van der Waals surface area (Å²) in [6.45, 7) is 0.315. The number of carboxylic acid groups (broad SMARTS) is 1. The maximum Gasteiger partial charge on any atom is 0.331 e. The molecule has 0 saturated carbocycles. The van der Waals surface area contributed by atoms with Gasteiger partial charge in [0, 0.05) is 12.2 Å². The fraction of sp³-hybridized carbons (Fsp3) is 0.286. The SMILES string of the molecule is Cl.O=C(O)C=CC(=O)OCCCCc1ccccc1. The molecule has 1 aromatic carbocycles. The second-order valence-electron chi connectivity index (χ2n) is 3.78. The summed E-state index contributed by atoms with van der Waals surface area (Å²) in [7, 11) is 0. The summed E-state index contributed by atoms with van der Waals surface area (Å²) in [5.74, 6) is -1.77. The fourth-order valence-electron chi connectivity index (χ4n) is 1.44. The van der Waals surface area contributed by atoms with Crippen molar-refractivity contribution < 1.29 is 19.4 Å². The molecule has 0 fully saturated rings. The first kappa shape index (κ1) is 17.2. The normalized spacial score (nSPS) is 9.89. The Hall–Kier alpha value is -1.81. The molecule has 0 aromatic heterocycles. The lowest BCUT2D eigenvalue weighted by Gasteiger charge is -2.02. The third-order valence-electron chi connectivity index (χ3n) is 2.31. The summed E-state index contributed by atoms with van der Waals surface area (Å²) in [5.41, 5.74) is 1.26. The molecule has 0 heterocycles. The lowest BCUT2D eigenvalue weighted by atomic mass is 10.1. The summed E-state index contributed by atoms with van der Waals surface area (Å²) < 4.78 is 4.84. The van der Waals surface area contributed by atoms with Crippen LogP contribution in [0.25, 0.3) is 0 Å². The highest BCUT2D eigenvalue weighted by Gasteiger charge is 1.98. The average molecular weight is 285 g/mol. The monoisotopic (exact) mass is 284 g/mol. The average Bonchev–Trinajstić information content (AvgIpc) is 2.37. The Kier molecular flexibility index (Phi) is 9.18. The number of aliphatic carboxylic acids is 1. The number of esters is 1. The lowest BCUT2D eigenvalue weighted by molar-refractivity contribution is -0.138. The maximum absolute atomic E-state index is 11.0. The van der Waals surface area contributed by atoms with E-state index >= 15 is 0 Å². The van der Waals surface area contributed by atoms with Crippen LogP contribution in [0.4, 0.5) is 0 Å². The van der Waals surface area contributed by atoms with E-state index in [9.17, 15) is 9.59 Å². The van der Waals surface area contributed by atoms with Crippen molar-refractivity contribution in [2.24, 2.45) is 0 Å². The fourth-order valence-corrected chi connectivity index (χ4v) is 1.44. The van der Waals surface area contributed by atoms with Gasteiger partial charge in [0.25, 0.3) is 0 Å². The molecule has 0 bridgehead atoms. The Balaban J connectivity index is 0.00000324. The van der Waals surface area contributed by atoms with Gasteiger partial charge in [0.1, 0.15) is 0 Å². The van der Waals surface area contributed by atoms with E-state index in [2.05, 4.69) is 12.1 Å². The molecule has 19 heavy (non-hydrogen) atoms. The van der Waals surface area contributed by atoms with E-state index in [0.29, 0.717) is 6.61 Å². The van der Waals surface area contributed by atoms with Gasteiger partial charge in [-0.1, -0.05) is 30.3 Å². The van der Waals surface area contributed by atoms with Gasteiger partial charge < -0.3 is 9.84 Å². The summed E-state index contributed by atoms with van der Waals surface area (Å²) >= 11 is 0. The summed E-state index contributed by atoms with van der Waals surface area (Å²) in [5, 5.41) is 8.30. The van der Waals surface area contributed by atoms with Crippen molar-refractivity contribution in [3.63, 3.8) is 0 Å². The highest BCUT2D eigenvalue weighted by atomic mass is 35.5. The minimum atomic E-state index is -1.16. The van der Waals surface area contributed by atoms with Gasteiger partial charge in [0.15, 0.2) is 0 Å². The van der Waals surface area contributed by atoms with Crippen molar-refractivity contribution in [3.05, 3.63) is 48.0 Å². The first-order valence-electron chi connectivity index (χ1n) is 5.80. The van der Waals surface area contributed by atoms with Gasteiger partial charge in [-0.2, -0.15) is 0 Å². The molecular formula is C14H17ClO4. The molecule has 4 nitrogen and oxygen atoms in total. The van der Waals surface area contributed by atoms with Crippen molar-refractivity contribution in [1.82, 2.24) is 0 Å². The predicted molar refractivity (Wildman–Crippen MR) is 74.4 cm³/mol. The van der Waals surface area contributed by atoms with Gasteiger partial charge in [-0.3, -0.25) is 0 Å². The van der Waals surface area contributed by atoms with E-state index < -0.39 is 11.9 Å². The second-order valence-corrected chi connectivity index (χ2v) is 3.78. The van der Waals surface area contributed by atoms with Gasteiger partial charge in [0.2, 0.25) is 0 Å². The van der Waals surface area contributed by atoms with E-state index in [0.717, 1.165) is 31.4 Å². The third-order valence-corrected chi connectivity index (χ3v) is 2.31. The summed E-state index contributed by atoms with van der Waals surface area (Å²) in [6, 6.07) is 10.1. The molecule has 0 spiro atoms. The highest BCUT2D eigenvalue weighted by molar-refractivity contribution is 5.90. The Morgan fingerprint density at radius 2 is 1.79 bits per heavy atom. The van der Waals surface area contributed by atoms with E-state index in [1.165, 1.54) is 5.56 Å². The molecular weight excluding hydrogens is 268 g/mol. The van der Waals surface area contributed by atoms with Gasteiger partial charge >= 0.3 is 11.9 Å². The molecule has 0 radical (unpaired) electrons. The molecule has 0 amide bonds. The third kappa shape index (κ3) is 8.85. The Morgan fingerprint density at radius 3 is 2.42 bits per heavy atom. The highest BCUT2D eigenvalue weighted by Crippen LogP contribution is 2.04. The second kappa shape index (κ2) is 10.1. The number of carboxylic acids is 1. The van der Waals surface area contributed by atoms with E-state index in [-0.39, 0.29) is 12.4 Å². The van der Waals surface area contributed by atoms with Crippen LogP contribution in [-0.4, -0.2) is 23.7 Å². The van der Waals surface area contributed by atoms with Gasteiger partial charge in [-0.25, -0.2) is 9.59 Å². The standard InChI is InChI=1S/C14H16O4.ClH/c15-13(16)9-10-14(17)18-11-5-4-8-12-6-2-1-3-7-12;/h1-3,6-7,9-10H,4-5,8,11H2,(H,15,16);1H. The summed E-state index contributed by atoms with van der Waals surface area (Å²) in [4.78, 5) is 21.2. The Bertz CT molecular complexity index is 415. The van der Waals surface area contributed by atoms with Crippen LogP contribution in [0.15, 0.2) is 42.5 Å². The molecule has 0 aliphatic rings. The number of hydrogen-bond donors (Lipinski definition) is 1. The van der Waals surface area contributed by atoms with Crippen LogP contribution < -0.4 is 0 Å². The number of hydrogen-bond acceptors (Lipinski definition) is 3. The number of unbranched alkanes of at least 4 members (excludes halogenated alkanes) is 1. The largest absolute Gasteiger partial charge is 0.478 e. The maximum atomic E-state index is 11.0. The number of halogens is 1. The van der Waals surface area contributed by atoms with Gasteiger partial charge in [0.05, 0.1) is 6.61 Å². The topological polar surface area (TPSA) is 63.6 Å². The van der Waals surface area contributed by atoms with Crippen LogP contribution in [-0.2, 0) is 20.7 Å². The van der Waals surface area contributed by atoms with E-state index in [1.54, 1.807) is 0 Å². The predicted octanol–water partition coefficient (Wildman–Crippen LogP) is 2.62. The van der Waals surface area contributed by atoms with Crippen LogP contribution in [0.1, 0.15) is 18.4 Å². The number of aryl methyl sites for hydroxylation is 1. The quantitative estimate of drug-likeness (QED) is 0.475. The van der Waals surface area contributed by atoms with Crippen LogP contribution in [0, 0.1) is 0 Å². The van der Waals surface area contributed by atoms with E-state index in [1.807, 2.05) is 18.2 Å². The van der Waals surface area contributed by atoms with Crippen molar-refractivity contribution in [3.8, 4) is 0 Å². The number of rotatable bonds is 7. The minimum absolute atomic E-state index is 0. The van der Waals surface area contributed by atoms with Crippen molar-refractivity contribution in [2.45, 2.75) is 19.3 Å². The summed E-state index contributed by atoms with van der Waals surface area (Å²) in [6.07, 6.45) is 4.33. The zero-order valence-corrected chi connectivity index (χ0v) is 11.3. The van der Waals surface area contributed by atoms with Crippen molar-refractivity contribution in [2.75, 3.05) is 6.61 Å². The molecule has 1 N–H and O–H groups in total. The van der Waals surface area contributed by atoms with Gasteiger partial charge in [-0.05, 0) is 24.8 Å². The Morgan fingerprint density at radius 1 is 1.11 bits per heavy atom. The van der Waals surface area contributed by atoms with Crippen molar-refractivity contribution in [1.29, 1.82) is 0 Å². The molecule has 0 aliphatic carbocycles. The lowest BCUT2D eigenvalue weighted by Crippen LogP contribution is -2.03. The van der Waals surface area contributed by atoms with E-state index in [4.69, 9.17) is 9.84 Å². The molecule has 5 heteroatoms. The molecule has 1 rings (SSSR count). The van der Waals surface area contributed by atoms with Crippen LogP contribution in [0.2, 0.25) is 0 Å². The smallest absolute Gasteiger partial charge is 0.331 e. The van der Waals surface area contributed by atoms with Crippen LogP contribution in [0.3, 0.4) is 0 Å². The minimum Gasteiger partial charge on any atom is -0.478 e. The molecule has 0 unspecified atom stereocenters. The van der Waals surface area contributed by atoms with Crippen molar-refractivity contribution >= 4 is 24.3 Å². The molecule has 1 aromatic rings. The van der Waals surface area contributed by atoms with Crippen LogP contribution in [0.5, 0.6) is 0 Å². The Labute approximate surface area is 118 Å². The first-order chi connectivity index (χ1) is 8.68. The zero-order chi connectivity index (χ0) is 13.2. The number of carbonyl (C=O) groups excluding carboxylic acids is 1. The molecule has 104 valence electrons. The number of benzene rings is 1. The number of ether oxygens (including phenoxy) is 1. The molecule has 0 atom stereocenters. The molecule has 0 saturated heterocycles.